The van der Waals surface area contributed by atoms with E-state index in [-0.39, 0.29) is 18.5 Å². The lowest BCUT2D eigenvalue weighted by Crippen LogP contribution is -2.24. The molecule has 1 aliphatic rings. The summed E-state index contributed by atoms with van der Waals surface area (Å²) in [4.78, 5) is 12.2. The number of para-hydroxylation sites is 1. The molecule has 0 unspecified atom stereocenters. The predicted molar refractivity (Wildman–Crippen MR) is 76.9 cm³/mol. The Hall–Kier alpha value is -2.30. The van der Waals surface area contributed by atoms with E-state index in [1.165, 1.54) is 5.56 Å². The van der Waals surface area contributed by atoms with Crippen LogP contribution in [0.3, 0.4) is 0 Å². The van der Waals surface area contributed by atoms with Crippen LogP contribution in [0.5, 0.6) is 5.75 Å². The molecule has 0 saturated heterocycles. The molecule has 0 aliphatic heterocycles. The lowest BCUT2D eigenvalue weighted by molar-refractivity contribution is -0.150. The fraction of sp³-hybridized carbons (Fsp3) is 0.375. The first kappa shape index (κ1) is 13.7. The number of carbonyl (C=O) groups excluding carboxylic acids is 1. The molecule has 1 heterocycles. The number of rotatable bonds is 4. The Balaban J connectivity index is 1.60. The molecule has 0 amide bonds. The van der Waals surface area contributed by atoms with Crippen LogP contribution in [0.15, 0.2) is 30.5 Å². The highest BCUT2D eigenvalue weighted by Crippen LogP contribution is 2.25. The van der Waals surface area contributed by atoms with Crippen molar-refractivity contribution in [1.82, 2.24) is 10.2 Å². The van der Waals surface area contributed by atoms with Crippen molar-refractivity contribution in [2.24, 2.45) is 5.92 Å². The van der Waals surface area contributed by atoms with Crippen molar-refractivity contribution in [3.63, 3.8) is 0 Å². The number of aromatic nitrogens is 2. The average molecular weight is 286 g/mol. The Labute approximate surface area is 123 Å². The molecule has 1 aromatic carbocycles. The van der Waals surface area contributed by atoms with Gasteiger partial charge >= 0.3 is 5.97 Å². The van der Waals surface area contributed by atoms with Gasteiger partial charge in [-0.2, -0.15) is 5.10 Å². The van der Waals surface area contributed by atoms with Crippen LogP contribution in [0.4, 0.5) is 0 Å². The fourth-order valence-corrected chi connectivity index (χ4v) is 2.70. The summed E-state index contributed by atoms with van der Waals surface area (Å²) in [5.74, 6) is 0.499. The number of ether oxygens (including phenoxy) is 2. The second kappa shape index (κ2) is 5.99. The molecule has 5 nitrogen and oxygen atoms in total. The van der Waals surface area contributed by atoms with Crippen LogP contribution in [-0.4, -0.2) is 23.3 Å². The number of H-pyrrole nitrogens is 1. The van der Waals surface area contributed by atoms with Crippen molar-refractivity contribution in [1.29, 1.82) is 0 Å². The van der Waals surface area contributed by atoms with E-state index < -0.39 is 0 Å². The van der Waals surface area contributed by atoms with Crippen molar-refractivity contribution < 1.29 is 14.3 Å². The number of nitrogens with zero attached hydrogens (tertiary/aromatic N) is 1. The first-order valence-electron chi connectivity index (χ1n) is 7.07. The third kappa shape index (κ3) is 2.91. The first-order valence-corrected chi connectivity index (χ1v) is 7.07. The van der Waals surface area contributed by atoms with Crippen LogP contribution >= 0.6 is 0 Å². The number of benzene rings is 1. The van der Waals surface area contributed by atoms with Gasteiger partial charge in [0.2, 0.25) is 0 Å². The first-order chi connectivity index (χ1) is 10.3. The molecule has 0 bridgehead atoms. The number of aryl methyl sites for hydroxylation is 1. The highest BCUT2D eigenvalue weighted by atomic mass is 16.5. The minimum Gasteiger partial charge on any atom is -0.496 e. The zero-order valence-corrected chi connectivity index (χ0v) is 12.0. The number of nitrogens with one attached hydrogen (secondary N) is 1. The molecule has 3 rings (SSSR count). The number of methoxy groups -OCH3 is 1. The Morgan fingerprint density at radius 2 is 2.29 bits per heavy atom. The molecule has 0 radical (unpaired) electrons. The SMILES string of the molecule is COc1ccccc1COC(=O)[C@@H]1CCc2cn[nH]c2C1. The summed E-state index contributed by atoms with van der Waals surface area (Å²) in [5, 5.41) is 6.98. The van der Waals surface area contributed by atoms with Crippen LogP contribution in [0.25, 0.3) is 0 Å². The van der Waals surface area contributed by atoms with Crippen molar-refractivity contribution >= 4 is 5.97 Å². The molecule has 1 aliphatic carbocycles. The van der Waals surface area contributed by atoms with Crippen LogP contribution in [0.1, 0.15) is 23.2 Å². The van der Waals surface area contributed by atoms with E-state index >= 15 is 0 Å². The maximum absolute atomic E-state index is 12.2. The molecule has 1 atom stereocenters. The summed E-state index contributed by atoms with van der Waals surface area (Å²) in [7, 11) is 1.61. The van der Waals surface area contributed by atoms with Gasteiger partial charge < -0.3 is 9.47 Å². The van der Waals surface area contributed by atoms with Crippen molar-refractivity contribution in [3.8, 4) is 5.75 Å². The second-order valence-electron chi connectivity index (χ2n) is 5.23. The van der Waals surface area contributed by atoms with Crippen LogP contribution in [0, 0.1) is 5.92 Å². The van der Waals surface area contributed by atoms with E-state index in [0.29, 0.717) is 6.42 Å². The van der Waals surface area contributed by atoms with Crippen molar-refractivity contribution in [2.45, 2.75) is 25.9 Å². The summed E-state index contributed by atoms with van der Waals surface area (Å²) in [6.07, 6.45) is 4.21. The standard InChI is InChI=1S/C16H18N2O3/c1-20-15-5-3-2-4-13(15)10-21-16(19)11-6-7-12-9-17-18-14(12)8-11/h2-5,9,11H,6-8,10H2,1H3,(H,17,18)/t11-/m1/s1. The predicted octanol–water partition coefficient (Wildman–Crippen LogP) is 2.27. The summed E-state index contributed by atoms with van der Waals surface area (Å²) in [6, 6.07) is 7.56. The van der Waals surface area contributed by atoms with Gasteiger partial charge in [-0.15, -0.1) is 0 Å². The highest BCUT2D eigenvalue weighted by Gasteiger charge is 2.27. The van der Waals surface area contributed by atoms with Gasteiger partial charge in [0.25, 0.3) is 0 Å². The smallest absolute Gasteiger partial charge is 0.309 e. The molecular formula is C16H18N2O3. The van der Waals surface area contributed by atoms with Gasteiger partial charge in [0, 0.05) is 17.7 Å². The third-order valence-electron chi connectivity index (χ3n) is 3.92. The normalized spacial score (nSPS) is 17.1. The number of carbonyl (C=O) groups is 1. The Kier molecular flexibility index (Phi) is 3.90. The van der Waals surface area contributed by atoms with Gasteiger partial charge in [0.05, 0.1) is 19.2 Å². The molecular weight excluding hydrogens is 268 g/mol. The monoisotopic (exact) mass is 286 g/mol. The molecule has 1 N–H and O–H groups in total. The second-order valence-corrected chi connectivity index (χ2v) is 5.23. The zero-order chi connectivity index (χ0) is 14.7. The van der Waals surface area contributed by atoms with Crippen LogP contribution in [0.2, 0.25) is 0 Å². The van der Waals surface area contributed by atoms with Crippen LogP contribution in [-0.2, 0) is 29.0 Å². The zero-order valence-electron chi connectivity index (χ0n) is 12.0. The number of esters is 1. The van der Waals surface area contributed by atoms with Gasteiger partial charge in [-0.1, -0.05) is 18.2 Å². The summed E-state index contributed by atoms with van der Waals surface area (Å²) in [5.41, 5.74) is 3.15. The van der Waals surface area contributed by atoms with E-state index in [2.05, 4.69) is 10.2 Å². The van der Waals surface area contributed by atoms with E-state index in [1.807, 2.05) is 30.5 Å². The number of aromatic amines is 1. The van der Waals surface area contributed by atoms with Crippen LogP contribution < -0.4 is 4.74 Å². The molecule has 0 saturated carbocycles. The van der Waals surface area contributed by atoms with Gasteiger partial charge in [0.15, 0.2) is 0 Å². The number of hydrogen-bond acceptors (Lipinski definition) is 4. The Morgan fingerprint density at radius 1 is 1.43 bits per heavy atom. The minimum atomic E-state index is -0.152. The van der Waals surface area contributed by atoms with Gasteiger partial charge in [-0.3, -0.25) is 9.89 Å². The topological polar surface area (TPSA) is 64.2 Å². The van der Waals surface area contributed by atoms with E-state index in [4.69, 9.17) is 9.47 Å². The Morgan fingerprint density at radius 3 is 3.14 bits per heavy atom. The van der Waals surface area contributed by atoms with Crippen molar-refractivity contribution in [3.05, 3.63) is 47.3 Å². The molecule has 110 valence electrons. The lowest BCUT2D eigenvalue weighted by atomic mass is 9.88. The maximum atomic E-state index is 12.2. The molecule has 5 heteroatoms. The minimum absolute atomic E-state index is 0.0901. The summed E-state index contributed by atoms with van der Waals surface area (Å²) in [6.45, 7) is 0.245. The van der Waals surface area contributed by atoms with E-state index in [0.717, 1.165) is 29.8 Å². The van der Waals surface area contributed by atoms with Gasteiger partial charge in [-0.25, -0.2) is 0 Å². The van der Waals surface area contributed by atoms with Crippen molar-refractivity contribution in [2.75, 3.05) is 7.11 Å². The highest BCUT2D eigenvalue weighted by molar-refractivity contribution is 5.73. The third-order valence-corrected chi connectivity index (χ3v) is 3.92. The summed E-state index contributed by atoms with van der Waals surface area (Å²) < 4.78 is 10.7. The lowest BCUT2D eigenvalue weighted by Gasteiger charge is -2.20. The fourth-order valence-electron chi connectivity index (χ4n) is 2.70. The molecule has 1 aromatic heterocycles. The molecule has 21 heavy (non-hydrogen) atoms. The van der Waals surface area contributed by atoms with E-state index in [1.54, 1.807) is 7.11 Å². The molecule has 0 spiro atoms. The van der Waals surface area contributed by atoms with Gasteiger partial charge in [-0.05, 0) is 24.5 Å². The number of hydrogen-bond donors (Lipinski definition) is 1. The molecule has 2 aromatic rings. The van der Waals surface area contributed by atoms with Gasteiger partial charge in [0.1, 0.15) is 12.4 Å². The number of fused-ring (bicyclic) bond motifs is 1. The maximum Gasteiger partial charge on any atom is 0.309 e. The van der Waals surface area contributed by atoms with E-state index in [9.17, 15) is 4.79 Å². The largest absolute Gasteiger partial charge is 0.496 e. The summed E-state index contributed by atoms with van der Waals surface area (Å²) >= 11 is 0. The Bertz CT molecular complexity index is 636. The molecule has 0 fully saturated rings. The average Bonchev–Trinajstić information content (AvgIpc) is 3.00. The quantitative estimate of drug-likeness (QED) is 0.876.